The number of rotatable bonds is 4. The van der Waals surface area contributed by atoms with E-state index in [-0.39, 0.29) is 6.10 Å². The van der Waals surface area contributed by atoms with Gasteiger partial charge < -0.3 is 10.1 Å². The van der Waals surface area contributed by atoms with Crippen molar-refractivity contribution in [3.63, 3.8) is 0 Å². The highest BCUT2D eigenvalue weighted by molar-refractivity contribution is 7.86. The zero-order valence-electron chi connectivity index (χ0n) is 10.3. The lowest BCUT2D eigenvalue weighted by molar-refractivity contribution is 0.0200. The molecule has 0 aromatic carbocycles. The van der Waals surface area contributed by atoms with Gasteiger partial charge in [-0.1, -0.05) is 0 Å². The molecule has 100 valence electrons. The molecule has 1 N–H and O–H groups in total. The van der Waals surface area contributed by atoms with Gasteiger partial charge in [0.25, 0.3) is 10.2 Å². The molecule has 0 saturated carbocycles. The van der Waals surface area contributed by atoms with Crippen molar-refractivity contribution in [1.29, 1.82) is 0 Å². The summed E-state index contributed by atoms with van der Waals surface area (Å²) in [5.74, 6) is 0. The average Bonchev–Trinajstić information content (AvgIpc) is 2.84. The van der Waals surface area contributed by atoms with Gasteiger partial charge in [-0.25, -0.2) is 0 Å². The summed E-state index contributed by atoms with van der Waals surface area (Å²) in [6.45, 7) is 3.94. The molecular weight excluding hydrogens is 242 g/mol. The Kier molecular flexibility index (Phi) is 4.37. The zero-order valence-corrected chi connectivity index (χ0v) is 11.1. The van der Waals surface area contributed by atoms with Crippen molar-refractivity contribution in [3.8, 4) is 0 Å². The van der Waals surface area contributed by atoms with Crippen molar-refractivity contribution in [2.24, 2.45) is 0 Å². The third-order valence-electron chi connectivity index (χ3n) is 3.25. The Balaban J connectivity index is 1.91. The van der Waals surface area contributed by atoms with Crippen LogP contribution in [0.4, 0.5) is 0 Å². The lowest BCUT2D eigenvalue weighted by Gasteiger charge is -2.29. The molecule has 2 saturated heterocycles. The second-order valence-corrected chi connectivity index (χ2v) is 6.63. The van der Waals surface area contributed by atoms with Gasteiger partial charge in [0.2, 0.25) is 0 Å². The summed E-state index contributed by atoms with van der Waals surface area (Å²) in [6.07, 6.45) is 1.90. The molecule has 6 nitrogen and oxygen atoms in total. The molecule has 0 bridgehead atoms. The van der Waals surface area contributed by atoms with Gasteiger partial charge in [0.05, 0.1) is 12.7 Å². The fraction of sp³-hybridized carbons (Fsp3) is 1.00. The van der Waals surface area contributed by atoms with Crippen LogP contribution in [-0.2, 0) is 14.9 Å². The standard InChI is InChI=1S/C10H21N3O3S/c1-12(9-10-8-11-4-7-16-10)17(14,15)13-5-2-3-6-13/h10-11H,2-9H2,1H3. The van der Waals surface area contributed by atoms with Crippen LogP contribution in [0.15, 0.2) is 0 Å². The van der Waals surface area contributed by atoms with Crippen molar-refractivity contribution in [1.82, 2.24) is 13.9 Å². The van der Waals surface area contributed by atoms with E-state index in [9.17, 15) is 8.42 Å². The molecule has 2 rings (SSSR count). The SMILES string of the molecule is CN(CC1CNCCO1)S(=O)(=O)N1CCCC1. The number of likely N-dealkylation sites (N-methyl/N-ethyl adjacent to an activating group) is 1. The van der Waals surface area contributed by atoms with E-state index in [1.165, 1.54) is 4.31 Å². The summed E-state index contributed by atoms with van der Waals surface area (Å²) in [4.78, 5) is 0. The van der Waals surface area contributed by atoms with Crippen LogP contribution in [0.3, 0.4) is 0 Å². The quantitative estimate of drug-likeness (QED) is 0.725. The maximum atomic E-state index is 12.2. The molecule has 7 heteroatoms. The van der Waals surface area contributed by atoms with E-state index in [0.29, 0.717) is 26.2 Å². The normalized spacial score (nSPS) is 27.8. The van der Waals surface area contributed by atoms with Crippen LogP contribution in [0, 0.1) is 0 Å². The number of ether oxygens (including phenoxy) is 1. The van der Waals surface area contributed by atoms with Gasteiger partial charge >= 0.3 is 0 Å². The third kappa shape index (κ3) is 3.17. The van der Waals surface area contributed by atoms with Gasteiger partial charge in [0.1, 0.15) is 0 Å². The molecule has 0 radical (unpaired) electrons. The summed E-state index contributed by atoms with van der Waals surface area (Å²) in [5.41, 5.74) is 0. The fourth-order valence-corrected chi connectivity index (χ4v) is 3.70. The van der Waals surface area contributed by atoms with Gasteiger partial charge in [-0.2, -0.15) is 17.0 Å². The molecule has 2 fully saturated rings. The van der Waals surface area contributed by atoms with E-state index in [1.54, 1.807) is 11.4 Å². The van der Waals surface area contributed by atoms with E-state index in [4.69, 9.17) is 4.74 Å². The first kappa shape index (κ1) is 13.2. The van der Waals surface area contributed by atoms with Crippen molar-refractivity contribution in [3.05, 3.63) is 0 Å². The largest absolute Gasteiger partial charge is 0.374 e. The van der Waals surface area contributed by atoms with Crippen LogP contribution in [0.5, 0.6) is 0 Å². The molecule has 0 spiro atoms. The Morgan fingerprint density at radius 2 is 2.12 bits per heavy atom. The predicted octanol–water partition coefficient (Wildman–Crippen LogP) is -0.753. The van der Waals surface area contributed by atoms with E-state index in [0.717, 1.165) is 25.9 Å². The van der Waals surface area contributed by atoms with Gasteiger partial charge in [-0.3, -0.25) is 0 Å². The highest BCUT2D eigenvalue weighted by Crippen LogP contribution is 2.16. The minimum Gasteiger partial charge on any atom is -0.374 e. The van der Waals surface area contributed by atoms with Crippen molar-refractivity contribution in [2.75, 3.05) is 46.4 Å². The van der Waals surface area contributed by atoms with E-state index >= 15 is 0 Å². The Morgan fingerprint density at radius 1 is 1.41 bits per heavy atom. The van der Waals surface area contributed by atoms with Crippen LogP contribution in [0.25, 0.3) is 0 Å². The predicted molar refractivity (Wildman–Crippen MR) is 65.0 cm³/mol. The summed E-state index contributed by atoms with van der Waals surface area (Å²) in [6, 6.07) is 0. The summed E-state index contributed by atoms with van der Waals surface area (Å²) in [5, 5.41) is 3.20. The van der Waals surface area contributed by atoms with Crippen molar-refractivity contribution < 1.29 is 13.2 Å². The van der Waals surface area contributed by atoms with Gasteiger partial charge in [0, 0.05) is 39.8 Å². The van der Waals surface area contributed by atoms with Crippen molar-refractivity contribution in [2.45, 2.75) is 18.9 Å². The molecular formula is C10H21N3O3S. The van der Waals surface area contributed by atoms with Gasteiger partial charge in [-0.15, -0.1) is 0 Å². The first-order chi connectivity index (χ1) is 8.10. The topological polar surface area (TPSA) is 61.9 Å². The van der Waals surface area contributed by atoms with Gasteiger partial charge in [-0.05, 0) is 12.8 Å². The number of nitrogens with one attached hydrogen (secondary N) is 1. The second-order valence-electron chi connectivity index (χ2n) is 4.59. The molecule has 17 heavy (non-hydrogen) atoms. The average molecular weight is 263 g/mol. The number of nitrogens with zero attached hydrogens (tertiary/aromatic N) is 2. The maximum Gasteiger partial charge on any atom is 0.281 e. The molecule has 2 aliphatic rings. The number of morpholine rings is 1. The molecule has 0 aromatic heterocycles. The lowest BCUT2D eigenvalue weighted by Crippen LogP contribution is -2.48. The fourth-order valence-electron chi connectivity index (χ4n) is 2.23. The molecule has 1 unspecified atom stereocenters. The number of hydrogen-bond donors (Lipinski definition) is 1. The monoisotopic (exact) mass is 263 g/mol. The summed E-state index contributed by atoms with van der Waals surface area (Å²) >= 11 is 0. The van der Waals surface area contributed by atoms with Crippen LogP contribution in [0.2, 0.25) is 0 Å². The number of hydrogen-bond acceptors (Lipinski definition) is 4. The molecule has 0 aromatic rings. The van der Waals surface area contributed by atoms with Gasteiger partial charge in [0.15, 0.2) is 0 Å². The molecule has 1 atom stereocenters. The maximum absolute atomic E-state index is 12.2. The Labute approximate surface area is 103 Å². The van der Waals surface area contributed by atoms with Crippen LogP contribution < -0.4 is 5.32 Å². The van der Waals surface area contributed by atoms with Crippen LogP contribution in [-0.4, -0.2) is 69.5 Å². The minimum absolute atomic E-state index is 0.0360. The van der Waals surface area contributed by atoms with Crippen LogP contribution in [0.1, 0.15) is 12.8 Å². The van der Waals surface area contributed by atoms with E-state index in [1.807, 2.05) is 0 Å². The summed E-state index contributed by atoms with van der Waals surface area (Å²) in [7, 11) is -1.65. The Morgan fingerprint density at radius 3 is 2.71 bits per heavy atom. The summed E-state index contributed by atoms with van der Waals surface area (Å²) < 4.78 is 32.9. The first-order valence-corrected chi connectivity index (χ1v) is 7.54. The molecule has 0 aliphatic carbocycles. The smallest absolute Gasteiger partial charge is 0.281 e. The molecule has 2 heterocycles. The highest BCUT2D eigenvalue weighted by Gasteiger charge is 2.31. The molecule has 0 amide bonds. The minimum atomic E-state index is -3.28. The van der Waals surface area contributed by atoms with Crippen LogP contribution >= 0.6 is 0 Å². The Hall–Kier alpha value is -0.210. The zero-order chi connectivity index (χ0) is 12.3. The van der Waals surface area contributed by atoms with Crippen molar-refractivity contribution >= 4 is 10.2 Å². The van der Waals surface area contributed by atoms with E-state index in [2.05, 4.69) is 5.32 Å². The Bertz CT molecular complexity index is 335. The third-order valence-corrected chi connectivity index (χ3v) is 5.20. The molecule has 2 aliphatic heterocycles. The first-order valence-electron chi connectivity index (χ1n) is 6.14. The second kappa shape index (κ2) is 5.62. The van der Waals surface area contributed by atoms with E-state index < -0.39 is 10.2 Å². The lowest BCUT2D eigenvalue weighted by atomic mass is 10.3. The highest BCUT2D eigenvalue weighted by atomic mass is 32.2.